The normalized spacial score (nSPS) is 16.9. The van der Waals surface area contributed by atoms with E-state index in [1.54, 1.807) is 17.5 Å². The molecule has 168 valence electrons. The van der Waals surface area contributed by atoms with Crippen molar-refractivity contribution in [3.63, 3.8) is 0 Å². The predicted octanol–water partition coefficient (Wildman–Crippen LogP) is 3.72. The molecule has 2 aliphatic rings. The molecule has 3 N–H and O–H groups in total. The van der Waals surface area contributed by atoms with E-state index >= 15 is 0 Å². The lowest BCUT2D eigenvalue weighted by Crippen LogP contribution is -2.44. The zero-order valence-electron chi connectivity index (χ0n) is 17.9. The van der Waals surface area contributed by atoms with E-state index in [1.807, 2.05) is 12.1 Å². The second-order valence-corrected chi connectivity index (χ2v) is 10.3. The molecule has 32 heavy (non-hydrogen) atoms. The first-order chi connectivity index (χ1) is 15.7. The molecule has 0 spiro atoms. The molecule has 3 heterocycles. The van der Waals surface area contributed by atoms with Crippen LogP contribution in [0.5, 0.6) is 0 Å². The van der Waals surface area contributed by atoms with Crippen molar-refractivity contribution in [2.75, 3.05) is 44.6 Å². The molecule has 0 atom stereocenters. The first kappa shape index (κ1) is 21.8. The van der Waals surface area contributed by atoms with Crippen LogP contribution >= 0.6 is 27.3 Å². The third kappa shape index (κ3) is 5.11. The molecule has 1 aliphatic heterocycles. The molecule has 7 nitrogen and oxygen atoms in total. The summed E-state index contributed by atoms with van der Waals surface area (Å²) in [6.07, 6.45) is 5.01. The van der Waals surface area contributed by atoms with Crippen LogP contribution < -0.4 is 16.0 Å². The molecule has 0 radical (unpaired) electrons. The van der Waals surface area contributed by atoms with Crippen molar-refractivity contribution in [2.45, 2.75) is 25.3 Å². The number of nitrogens with zero attached hydrogens (tertiary/aromatic N) is 3. The summed E-state index contributed by atoms with van der Waals surface area (Å²) in [5, 5.41) is 10.8. The van der Waals surface area contributed by atoms with E-state index in [9.17, 15) is 4.79 Å². The maximum atomic E-state index is 12.7. The van der Waals surface area contributed by atoms with Crippen LogP contribution in [0.25, 0.3) is 20.7 Å². The number of aromatic nitrogens is 2. The number of thiophene rings is 1. The Kier molecular flexibility index (Phi) is 6.68. The zero-order valence-corrected chi connectivity index (χ0v) is 20.3. The van der Waals surface area contributed by atoms with Crippen LogP contribution in [-0.2, 0) is 0 Å². The number of amides is 1. The van der Waals surface area contributed by atoms with Crippen LogP contribution in [0.4, 0.5) is 5.95 Å². The van der Waals surface area contributed by atoms with E-state index < -0.39 is 0 Å². The van der Waals surface area contributed by atoms with Gasteiger partial charge in [-0.15, -0.1) is 11.3 Å². The number of rotatable bonds is 8. The van der Waals surface area contributed by atoms with Crippen LogP contribution in [0, 0.1) is 0 Å². The Hall–Kier alpha value is -2.07. The highest BCUT2D eigenvalue weighted by Gasteiger charge is 2.25. The van der Waals surface area contributed by atoms with E-state index in [0.717, 1.165) is 89.2 Å². The van der Waals surface area contributed by atoms with Gasteiger partial charge in [-0.3, -0.25) is 4.79 Å². The number of benzene rings is 1. The number of anilines is 1. The molecule has 5 rings (SSSR count). The van der Waals surface area contributed by atoms with Gasteiger partial charge in [0.1, 0.15) is 5.69 Å². The van der Waals surface area contributed by atoms with Gasteiger partial charge in [0.25, 0.3) is 5.91 Å². The number of halogens is 1. The molecule has 1 aromatic carbocycles. The largest absolute Gasteiger partial charge is 0.354 e. The molecule has 3 aromatic rings. The topological polar surface area (TPSA) is 82.2 Å². The van der Waals surface area contributed by atoms with Crippen molar-refractivity contribution >= 4 is 49.2 Å². The molecule has 9 heteroatoms. The van der Waals surface area contributed by atoms with Gasteiger partial charge in [0.2, 0.25) is 5.95 Å². The standard InChI is InChI=1S/C23H27BrN6OS/c24-18-14-27-23(26-7-2-10-30-11-8-25-9-12-30)29-21(18)20-13-17-16(3-1-4-19(17)32-20)22(31)28-15-5-6-15/h1,3-4,13-15,25H,2,5-12H2,(H,28,31)(H,26,27,29). The summed E-state index contributed by atoms with van der Waals surface area (Å²) in [7, 11) is 0. The van der Waals surface area contributed by atoms with Gasteiger partial charge in [-0.2, -0.15) is 0 Å². The molecule has 2 aromatic heterocycles. The maximum absolute atomic E-state index is 12.7. The van der Waals surface area contributed by atoms with Crippen LogP contribution in [0.2, 0.25) is 0 Å². The molecular weight excluding hydrogens is 488 g/mol. The minimum Gasteiger partial charge on any atom is -0.354 e. The van der Waals surface area contributed by atoms with Crippen molar-refractivity contribution in [3.8, 4) is 10.6 Å². The number of nitrogens with one attached hydrogen (secondary N) is 3. The Labute approximate surface area is 200 Å². The first-order valence-electron chi connectivity index (χ1n) is 11.2. The summed E-state index contributed by atoms with van der Waals surface area (Å²) >= 11 is 5.25. The third-order valence-corrected chi connectivity index (χ3v) is 7.53. The predicted molar refractivity (Wildman–Crippen MR) is 133 cm³/mol. The average molecular weight is 515 g/mol. The Morgan fingerprint density at radius 3 is 2.94 bits per heavy atom. The van der Waals surface area contributed by atoms with Gasteiger partial charge in [0.05, 0.1) is 9.35 Å². The summed E-state index contributed by atoms with van der Waals surface area (Å²) in [6, 6.07) is 8.32. The van der Waals surface area contributed by atoms with Crippen LogP contribution in [0.1, 0.15) is 29.6 Å². The number of carbonyl (C=O) groups excluding carboxylic acids is 1. The van der Waals surface area contributed by atoms with Crippen molar-refractivity contribution in [1.29, 1.82) is 0 Å². The fourth-order valence-electron chi connectivity index (χ4n) is 3.93. The highest BCUT2D eigenvalue weighted by Crippen LogP contribution is 2.37. The summed E-state index contributed by atoms with van der Waals surface area (Å²) < 4.78 is 1.93. The highest BCUT2D eigenvalue weighted by molar-refractivity contribution is 9.10. The molecule has 0 unspecified atom stereocenters. The summed E-state index contributed by atoms with van der Waals surface area (Å²) in [4.78, 5) is 25.4. The van der Waals surface area contributed by atoms with Crippen molar-refractivity contribution in [3.05, 3.63) is 40.5 Å². The van der Waals surface area contributed by atoms with Gasteiger partial charge in [-0.05, 0) is 59.9 Å². The van der Waals surface area contributed by atoms with Crippen molar-refractivity contribution < 1.29 is 4.79 Å². The summed E-state index contributed by atoms with van der Waals surface area (Å²) in [5.41, 5.74) is 1.58. The number of hydrogen-bond donors (Lipinski definition) is 3. The van der Waals surface area contributed by atoms with Gasteiger partial charge in [-0.1, -0.05) is 6.07 Å². The Morgan fingerprint density at radius 2 is 2.12 bits per heavy atom. The van der Waals surface area contributed by atoms with Gasteiger partial charge < -0.3 is 20.9 Å². The van der Waals surface area contributed by atoms with Gasteiger partial charge >= 0.3 is 0 Å². The van der Waals surface area contributed by atoms with Crippen LogP contribution in [0.15, 0.2) is 34.9 Å². The van der Waals surface area contributed by atoms with Gasteiger partial charge in [0, 0.05) is 60.6 Å². The highest BCUT2D eigenvalue weighted by atomic mass is 79.9. The lowest BCUT2D eigenvalue weighted by molar-refractivity contribution is 0.0953. The first-order valence-corrected chi connectivity index (χ1v) is 12.8. The molecule has 1 saturated heterocycles. The third-order valence-electron chi connectivity index (χ3n) is 5.84. The molecular formula is C23H27BrN6OS. The number of hydrogen-bond acceptors (Lipinski definition) is 7. The fraction of sp³-hybridized carbons (Fsp3) is 0.435. The Bertz CT molecular complexity index is 1110. The van der Waals surface area contributed by atoms with E-state index in [4.69, 9.17) is 4.98 Å². The molecule has 1 aliphatic carbocycles. The lowest BCUT2D eigenvalue weighted by atomic mass is 10.1. The Morgan fingerprint density at radius 1 is 1.28 bits per heavy atom. The lowest BCUT2D eigenvalue weighted by Gasteiger charge is -2.27. The van der Waals surface area contributed by atoms with Crippen LogP contribution in [0.3, 0.4) is 0 Å². The monoisotopic (exact) mass is 514 g/mol. The van der Waals surface area contributed by atoms with Crippen LogP contribution in [-0.4, -0.2) is 66.1 Å². The number of fused-ring (bicyclic) bond motifs is 1. The average Bonchev–Trinajstić information content (AvgIpc) is 3.52. The summed E-state index contributed by atoms with van der Waals surface area (Å²) in [6.45, 7) is 6.30. The SMILES string of the molecule is O=C(NC1CC1)c1cccc2sc(-c3nc(NCCCN4CCNCC4)ncc3Br)cc12. The van der Waals surface area contributed by atoms with E-state index in [2.05, 4.69) is 53.9 Å². The summed E-state index contributed by atoms with van der Waals surface area (Å²) in [5.74, 6) is 0.642. The minimum absolute atomic E-state index is 0.0102. The minimum atomic E-state index is 0.0102. The molecule has 0 bridgehead atoms. The quantitative estimate of drug-likeness (QED) is 0.397. The second kappa shape index (κ2) is 9.82. The fourth-order valence-corrected chi connectivity index (χ4v) is 5.56. The van der Waals surface area contributed by atoms with E-state index in [0.29, 0.717) is 12.0 Å². The molecule has 1 amide bonds. The van der Waals surface area contributed by atoms with E-state index in [-0.39, 0.29) is 5.91 Å². The van der Waals surface area contributed by atoms with E-state index in [1.165, 1.54) is 0 Å². The smallest absolute Gasteiger partial charge is 0.252 e. The zero-order chi connectivity index (χ0) is 21.9. The molecule has 1 saturated carbocycles. The van der Waals surface area contributed by atoms with Crippen molar-refractivity contribution in [2.24, 2.45) is 0 Å². The maximum Gasteiger partial charge on any atom is 0.252 e. The van der Waals surface area contributed by atoms with Crippen molar-refractivity contribution in [1.82, 2.24) is 25.5 Å². The Balaban J connectivity index is 1.30. The second-order valence-electron chi connectivity index (χ2n) is 8.34. The van der Waals surface area contributed by atoms with Gasteiger partial charge in [0.15, 0.2) is 0 Å². The van der Waals surface area contributed by atoms with Gasteiger partial charge in [-0.25, -0.2) is 9.97 Å². The number of piperazine rings is 1. The molecule has 2 fully saturated rings. The number of carbonyl (C=O) groups is 1.